The molecule has 0 fully saturated rings. The molecule has 0 atom stereocenters. The van der Waals surface area contributed by atoms with Crippen molar-refractivity contribution in [1.82, 2.24) is 0 Å². The van der Waals surface area contributed by atoms with E-state index in [1.54, 1.807) is 0 Å². The SMILES string of the molecule is CC(C)(C)CCOc1ccc(C#CCN)cc1. The lowest BCUT2D eigenvalue weighted by Gasteiger charge is -2.18. The van der Waals surface area contributed by atoms with E-state index in [2.05, 4.69) is 32.6 Å². The molecule has 0 bridgehead atoms. The predicted octanol–water partition coefficient (Wildman–Crippen LogP) is 2.81. The van der Waals surface area contributed by atoms with Crippen LogP contribution in [0.4, 0.5) is 0 Å². The number of hydrogen-bond acceptors (Lipinski definition) is 2. The van der Waals surface area contributed by atoms with Crippen LogP contribution < -0.4 is 10.5 Å². The van der Waals surface area contributed by atoms with Gasteiger partial charge in [0.1, 0.15) is 5.75 Å². The van der Waals surface area contributed by atoms with Gasteiger partial charge in [0, 0.05) is 5.56 Å². The Morgan fingerprint density at radius 1 is 1.18 bits per heavy atom. The average Bonchev–Trinajstić information content (AvgIpc) is 2.26. The molecule has 0 amide bonds. The van der Waals surface area contributed by atoms with E-state index in [4.69, 9.17) is 10.5 Å². The molecule has 17 heavy (non-hydrogen) atoms. The Hall–Kier alpha value is -1.46. The van der Waals surface area contributed by atoms with Gasteiger partial charge in [-0.3, -0.25) is 0 Å². The zero-order chi connectivity index (χ0) is 12.7. The lowest BCUT2D eigenvalue weighted by atomic mass is 9.93. The second-order valence-electron chi connectivity index (χ2n) is 5.19. The Bertz CT molecular complexity index is 390. The zero-order valence-electron chi connectivity index (χ0n) is 10.9. The molecule has 0 aliphatic carbocycles. The molecule has 0 saturated carbocycles. The van der Waals surface area contributed by atoms with Gasteiger partial charge in [0.2, 0.25) is 0 Å². The molecule has 0 saturated heterocycles. The first-order valence-electron chi connectivity index (χ1n) is 5.93. The van der Waals surface area contributed by atoms with Gasteiger partial charge in [0.05, 0.1) is 13.2 Å². The fourth-order valence-electron chi connectivity index (χ4n) is 1.26. The van der Waals surface area contributed by atoms with Gasteiger partial charge in [-0.2, -0.15) is 0 Å². The Morgan fingerprint density at radius 2 is 1.82 bits per heavy atom. The second-order valence-corrected chi connectivity index (χ2v) is 5.19. The molecule has 2 heteroatoms. The molecule has 0 radical (unpaired) electrons. The van der Waals surface area contributed by atoms with Crippen molar-refractivity contribution in [2.24, 2.45) is 11.1 Å². The first-order chi connectivity index (χ1) is 8.01. The van der Waals surface area contributed by atoms with Crippen LogP contribution >= 0.6 is 0 Å². The van der Waals surface area contributed by atoms with Crippen LogP contribution in [0.25, 0.3) is 0 Å². The third-order valence-electron chi connectivity index (χ3n) is 2.31. The van der Waals surface area contributed by atoms with Crippen molar-refractivity contribution in [3.8, 4) is 17.6 Å². The zero-order valence-corrected chi connectivity index (χ0v) is 10.9. The van der Waals surface area contributed by atoms with Crippen molar-refractivity contribution in [1.29, 1.82) is 0 Å². The van der Waals surface area contributed by atoms with Crippen molar-refractivity contribution in [3.05, 3.63) is 29.8 Å². The quantitative estimate of drug-likeness (QED) is 0.812. The van der Waals surface area contributed by atoms with Crippen LogP contribution in [0.5, 0.6) is 5.75 Å². The summed E-state index contributed by atoms with van der Waals surface area (Å²) in [4.78, 5) is 0. The molecule has 2 N–H and O–H groups in total. The maximum Gasteiger partial charge on any atom is 0.119 e. The van der Waals surface area contributed by atoms with E-state index in [0.717, 1.165) is 24.3 Å². The van der Waals surface area contributed by atoms with Crippen LogP contribution in [0.2, 0.25) is 0 Å². The molecule has 2 nitrogen and oxygen atoms in total. The molecule has 1 aromatic rings. The van der Waals surface area contributed by atoms with Crippen LogP contribution in [0, 0.1) is 17.3 Å². The number of ether oxygens (including phenoxy) is 1. The van der Waals surface area contributed by atoms with Crippen molar-refractivity contribution in [2.45, 2.75) is 27.2 Å². The van der Waals surface area contributed by atoms with Crippen LogP contribution in [-0.4, -0.2) is 13.2 Å². The molecule has 0 aliphatic heterocycles. The Labute approximate surface area is 104 Å². The monoisotopic (exact) mass is 231 g/mol. The van der Waals surface area contributed by atoms with E-state index in [9.17, 15) is 0 Å². The highest BCUT2D eigenvalue weighted by atomic mass is 16.5. The number of hydrogen-bond donors (Lipinski definition) is 1. The summed E-state index contributed by atoms with van der Waals surface area (Å²) in [5, 5.41) is 0. The van der Waals surface area contributed by atoms with E-state index >= 15 is 0 Å². The highest BCUT2D eigenvalue weighted by molar-refractivity contribution is 5.38. The van der Waals surface area contributed by atoms with E-state index in [-0.39, 0.29) is 0 Å². The highest BCUT2D eigenvalue weighted by Crippen LogP contribution is 2.19. The molecule has 0 aromatic heterocycles. The highest BCUT2D eigenvalue weighted by Gasteiger charge is 2.09. The third kappa shape index (κ3) is 5.99. The van der Waals surface area contributed by atoms with E-state index in [1.165, 1.54) is 0 Å². The van der Waals surface area contributed by atoms with Gasteiger partial charge < -0.3 is 10.5 Å². The minimum Gasteiger partial charge on any atom is -0.494 e. The van der Waals surface area contributed by atoms with Gasteiger partial charge in [0.15, 0.2) is 0 Å². The van der Waals surface area contributed by atoms with E-state index in [0.29, 0.717) is 12.0 Å². The van der Waals surface area contributed by atoms with Crippen LogP contribution in [0.15, 0.2) is 24.3 Å². The number of rotatable bonds is 3. The molecule has 0 aliphatic rings. The molecule has 92 valence electrons. The minimum atomic E-state index is 0.312. The summed E-state index contributed by atoms with van der Waals surface area (Å²) in [5.74, 6) is 6.70. The molecular weight excluding hydrogens is 210 g/mol. The molecule has 0 heterocycles. The van der Waals surface area contributed by atoms with Crippen LogP contribution in [0.3, 0.4) is 0 Å². The summed E-state index contributed by atoms with van der Waals surface area (Å²) in [7, 11) is 0. The summed E-state index contributed by atoms with van der Waals surface area (Å²) in [5.41, 5.74) is 6.60. The van der Waals surface area contributed by atoms with Gasteiger partial charge in [-0.15, -0.1) is 0 Å². The summed E-state index contributed by atoms with van der Waals surface area (Å²) < 4.78 is 5.67. The Kier molecular flexibility index (Phi) is 5.06. The maximum absolute atomic E-state index is 5.67. The predicted molar refractivity (Wildman–Crippen MR) is 71.9 cm³/mol. The van der Waals surface area contributed by atoms with E-state index in [1.807, 2.05) is 24.3 Å². The number of benzene rings is 1. The maximum atomic E-state index is 5.67. The minimum absolute atomic E-state index is 0.312. The topological polar surface area (TPSA) is 35.2 Å². The van der Waals surface area contributed by atoms with Crippen LogP contribution in [-0.2, 0) is 0 Å². The molecule has 0 unspecified atom stereocenters. The third-order valence-corrected chi connectivity index (χ3v) is 2.31. The average molecular weight is 231 g/mol. The standard InChI is InChI=1S/C15H21NO/c1-15(2,3)10-12-17-14-8-6-13(7-9-14)5-4-11-16/h6-9H,10-12,16H2,1-3H3. The lowest BCUT2D eigenvalue weighted by molar-refractivity contribution is 0.243. The second kappa shape index (κ2) is 6.32. The normalized spacial score (nSPS) is 10.6. The Balaban J connectivity index is 2.46. The lowest BCUT2D eigenvalue weighted by Crippen LogP contribution is -2.11. The molecular formula is C15H21NO. The van der Waals surface area contributed by atoms with Crippen LogP contribution in [0.1, 0.15) is 32.8 Å². The smallest absolute Gasteiger partial charge is 0.119 e. The van der Waals surface area contributed by atoms with Crippen molar-refractivity contribution >= 4 is 0 Å². The molecule has 1 rings (SSSR count). The van der Waals surface area contributed by atoms with Gasteiger partial charge >= 0.3 is 0 Å². The summed E-state index contributed by atoms with van der Waals surface area (Å²) >= 11 is 0. The van der Waals surface area contributed by atoms with Gasteiger partial charge in [-0.25, -0.2) is 0 Å². The molecule has 1 aromatic carbocycles. The summed E-state index contributed by atoms with van der Waals surface area (Å²) in [6.45, 7) is 7.77. The summed E-state index contributed by atoms with van der Waals surface area (Å²) in [6, 6.07) is 7.80. The van der Waals surface area contributed by atoms with Crippen molar-refractivity contribution in [2.75, 3.05) is 13.2 Å². The fourth-order valence-corrected chi connectivity index (χ4v) is 1.26. The van der Waals surface area contributed by atoms with Crippen molar-refractivity contribution in [3.63, 3.8) is 0 Å². The van der Waals surface area contributed by atoms with Gasteiger partial charge in [0.25, 0.3) is 0 Å². The fraction of sp³-hybridized carbons (Fsp3) is 0.467. The van der Waals surface area contributed by atoms with Gasteiger partial charge in [-0.05, 0) is 36.1 Å². The summed E-state index contributed by atoms with van der Waals surface area (Å²) in [6.07, 6.45) is 1.04. The number of nitrogens with two attached hydrogens (primary N) is 1. The first kappa shape index (κ1) is 13.6. The van der Waals surface area contributed by atoms with Gasteiger partial charge in [-0.1, -0.05) is 32.6 Å². The largest absolute Gasteiger partial charge is 0.494 e. The van der Waals surface area contributed by atoms with E-state index < -0.39 is 0 Å². The Morgan fingerprint density at radius 3 is 2.35 bits per heavy atom. The van der Waals surface area contributed by atoms with Crippen molar-refractivity contribution < 1.29 is 4.74 Å². The molecule has 0 spiro atoms. The first-order valence-corrected chi connectivity index (χ1v) is 5.93.